The lowest BCUT2D eigenvalue weighted by atomic mass is 10.1. The van der Waals surface area contributed by atoms with Gasteiger partial charge in [0.15, 0.2) is 5.78 Å². The van der Waals surface area contributed by atoms with Gasteiger partial charge in [-0.25, -0.2) is 0 Å². The zero-order chi connectivity index (χ0) is 13.0. The van der Waals surface area contributed by atoms with Crippen molar-refractivity contribution in [3.05, 3.63) is 70.2 Å². The molecule has 90 valence electrons. The van der Waals surface area contributed by atoms with E-state index in [9.17, 15) is 4.79 Å². The van der Waals surface area contributed by atoms with Crippen molar-refractivity contribution in [3.8, 4) is 0 Å². The van der Waals surface area contributed by atoms with Crippen molar-refractivity contribution in [3.63, 3.8) is 0 Å². The number of hydrogen-bond donors (Lipinski definition) is 0. The van der Waals surface area contributed by atoms with E-state index in [0.717, 1.165) is 21.7 Å². The standard InChI is InChI=1S/C16H13ClO/c1-12(18)15-7-4-5-13(11-15)9-10-14-6-2-3-8-16(14)17/h2-11H,1H3/b10-9+. The molecule has 1 nitrogen and oxygen atoms in total. The maximum Gasteiger partial charge on any atom is 0.159 e. The van der Waals surface area contributed by atoms with Crippen LogP contribution >= 0.6 is 11.6 Å². The van der Waals surface area contributed by atoms with Gasteiger partial charge in [-0.1, -0.05) is 60.2 Å². The number of carbonyl (C=O) groups is 1. The molecule has 2 aromatic carbocycles. The molecule has 0 radical (unpaired) electrons. The molecular formula is C16H13ClO. The monoisotopic (exact) mass is 256 g/mol. The molecule has 0 aromatic heterocycles. The highest BCUT2D eigenvalue weighted by Gasteiger charge is 1.98. The molecule has 2 rings (SSSR count). The van der Waals surface area contributed by atoms with Crippen LogP contribution in [0.15, 0.2) is 48.5 Å². The van der Waals surface area contributed by atoms with E-state index in [2.05, 4.69) is 0 Å². The van der Waals surface area contributed by atoms with Crippen LogP contribution in [0.3, 0.4) is 0 Å². The number of hydrogen-bond acceptors (Lipinski definition) is 1. The Kier molecular flexibility index (Phi) is 3.96. The molecule has 0 spiro atoms. The lowest BCUT2D eigenvalue weighted by Crippen LogP contribution is -1.91. The van der Waals surface area contributed by atoms with E-state index in [1.165, 1.54) is 0 Å². The summed E-state index contributed by atoms with van der Waals surface area (Å²) in [5, 5.41) is 0.719. The maximum atomic E-state index is 11.3. The van der Waals surface area contributed by atoms with Crippen LogP contribution in [0.5, 0.6) is 0 Å². The molecule has 0 amide bonds. The Morgan fingerprint density at radius 1 is 1.06 bits per heavy atom. The van der Waals surface area contributed by atoms with E-state index in [4.69, 9.17) is 11.6 Å². The number of ketones is 1. The third kappa shape index (κ3) is 3.08. The largest absolute Gasteiger partial charge is 0.295 e. The molecule has 0 aliphatic rings. The highest BCUT2D eigenvalue weighted by Crippen LogP contribution is 2.18. The first-order valence-corrected chi connectivity index (χ1v) is 6.08. The van der Waals surface area contributed by atoms with E-state index in [1.807, 2.05) is 60.7 Å². The third-order valence-electron chi connectivity index (χ3n) is 2.65. The second kappa shape index (κ2) is 5.65. The summed E-state index contributed by atoms with van der Waals surface area (Å²) in [7, 11) is 0. The summed E-state index contributed by atoms with van der Waals surface area (Å²) in [6.07, 6.45) is 3.90. The van der Waals surface area contributed by atoms with Crippen LogP contribution in [0.2, 0.25) is 5.02 Å². The summed E-state index contributed by atoms with van der Waals surface area (Å²) < 4.78 is 0. The second-order valence-corrected chi connectivity index (χ2v) is 4.44. The molecule has 0 saturated carbocycles. The Hall–Kier alpha value is -1.86. The number of benzene rings is 2. The molecule has 0 bridgehead atoms. The van der Waals surface area contributed by atoms with E-state index in [0.29, 0.717) is 0 Å². The highest BCUT2D eigenvalue weighted by molar-refractivity contribution is 6.32. The van der Waals surface area contributed by atoms with E-state index < -0.39 is 0 Å². The number of halogens is 1. The first-order chi connectivity index (χ1) is 8.66. The summed E-state index contributed by atoms with van der Waals surface area (Å²) in [6.45, 7) is 1.57. The molecular weight excluding hydrogens is 244 g/mol. The maximum absolute atomic E-state index is 11.3. The zero-order valence-electron chi connectivity index (χ0n) is 10.1. The van der Waals surface area contributed by atoms with Gasteiger partial charge in [0, 0.05) is 10.6 Å². The van der Waals surface area contributed by atoms with Crippen LogP contribution < -0.4 is 0 Å². The van der Waals surface area contributed by atoms with Crippen molar-refractivity contribution >= 4 is 29.5 Å². The van der Waals surface area contributed by atoms with Gasteiger partial charge in [0.25, 0.3) is 0 Å². The topological polar surface area (TPSA) is 17.1 Å². The first-order valence-electron chi connectivity index (χ1n) is 5.70. The minimum absolute atomic E-state index is 0.0722. The SMILES string of the molecule is CC(=O)c1cccc(/C=C/c2ccccc2Cl)c1. The molecule has 2 aromatic rings. The van der Waals surface area contributed by atoms with Crippen molar-refractivity contribution in [1.29, 1.82) is 0 Å². The normalized spacial score (nSPS) is 10.8. The second-order valence-electron chi connectivity index (χ2n) is 4.04. The number of carbonyl (C=O) groups excluding carboxylic acids is 1. The smallest absolute Gasteiger partial charge is 0.159 e. The molecule has 0 N–H and O–H groups in total. The third-order valence-corrected chi connectivity index (χ3v) is 3.00. The average molecular weight is 257 g/mol. The van der Waals surface area contributed by atoms with Gasteiger partial charge in [-0.2, -0.15) is 0 Å². The van der Waals surface area contributed by atoms with Gasteiger partial charge in [-0.15, -0.1) is 0 Å². The summed E-state index contributed by atoms with van der Waals surface area (Å²) in [5.41, 5.74) is 2.67. The molecule has 0 atom stereocenters. The van der Waals surface area contributed by atoms with Crippen LogP contribution in [0.4, 0.5) is 0 Å². The fourth-order valence-corrected chi connectivity index (χ4v) is 1.86. The predicted molar refractivity (Wildman–Crippen MR) is 76.8 cm³/mol. The van der Waals surface area contributed by atoms with E-state index in [-0.39, 0.29) is 5.78 Å². The zero-order valence-corrected chi connectivity index (χ0v) is 10.8. The number of rotatable bonds is 3. The summed E-state index contributed by atoms with van der Waals surface area (Å²) in [5.74, 6) is 0.0722. The van der Waals surface area contributed by atoms with Gasteiger partial charge in [0.05, 0.1) is 0 Å². The molecule has 2 heteroatoms. The van der Waals surface area contributed by atoms with Gasteiger partial charge in [-0.3, -0.25) is 4.79 Å². The van der Waals surface area contributed by atoms with Crippen LogP contribution in [0.25, 0.3) is 12.2 Å². The molecule has 0 saturated heterocycles. The Morgan fingerprint density at radius 3 is 2.56 bits per heavy atom. The van der Waals surface area contributed by atoms with Gasteiger partial charge >= 0.3 is 0 Å². The Bertz CT molecular complexity index is 600. The lowest BCUT2D eigenvalue weighted by molar-refractivity contribution is 0.101. The molecule has 0 aliphatic carbocycles. The summed E-state index contributed by atoms with van der Waals surface area (Å²) in [4.78, 5) is 11.3. The predicted octanol–water partition coefficient (Wildman–Crippen LogP) is 4.71. The van der Waals surface area contributed by atoms with Crippen molar-refractivity contribution < 1.29 is 4.79 Å². The average Bonchev–Trinajstić information content (AvgIpc) is 2.38. The number of Topliss-reactive ketones (excluding diaryl/α,β-unsaturated/α-hetero) is 1. The van der Waals surface area contributed by atoms with Crippen LogP contribution in [-0.4, -0.2) is 5.78 Å². The van der Waals surface area contributed by atoms with Crippen LogP contribution in [0.1, 0.15) is 28.4 Å². The van der Waals surface area contributed by atoms with Crippen molar-refractivity contribution in [2.45, 2.75) is 6.92 Å². The quantitative estimate of drug-likeness (QED) is 0.574. The summed E-state index contributed by atoms with van der Waals surface area (Å²) in [6, 6.07) is 15.2. The molecule has 18 heavy (non-hydrogen) atoms. The highest BCUT2D eigenvalue weighted by atomic mass is 35.5. The fourth-order valence-electron chi connectivity index (χ4n) is 1.66. The van der Waals surface area contributed by atoms with Crippen molar-refractivity contribution in [1.82, 2.24) is 0 Å². The van der Waals surface area contributed by atoms with Crippen LogP contribution in [-0.2, 0) is 0 Å². The van der Waals surface area contributed by atoms with Gasteiger partial charge in [0.2, 0.25) is 0 Å². The molecule has 0 heterocycles. The Balaban J connectivity index is 2.27. The van der Waals surface area contributed by atoms with E-state index in [1.54, 1.807) is 6.92 Å². The van der Waals surface area contributed by atoms with Gasteiger partial charge in [0.1, 0.15) is 0 Å². The van der Waals surface area contributed by atoms with Crippen molar-refractivity contribution in [2.24, 2.45) is 0 Å². The first kappa shape index (κ1) is 12.6. The Morgan fingerprint density at radius 2 is 1.83 bits per heavy atom. The molecule has 0 fully saturated rings. The fraction of sp³-hybridized carbons (Fsp3) is 0.0625. The van der Waals surface area contributed by atoms with Gasteiger partial charge < -0.3 is 0 Å². The van der Waals surface area contributed by atoms with Crippen molar-refractivity contribution in [2.75, 3.05) is 0 Å². The molecule has 0 aliphatic heterocycles. The molecule has 0 unspecified atom stereocenters. The lowest BCUT2D eigenvalue weighted by Gasteiger charge is -1.99. The van der Waals surface area contributed by atoms with Crippen LogP contribution in [0, 0.1) is 0 Å². The van der Waals surface area contributed by atoms with E-state index >= 15 is 0 Å². The minimum Gasteiger partial charge on any atom is -0.295 e. The Labute approximate surface area is 112 Å². The van der Waals surface area contributed by atoms with Gasteiger partial charge in [-0.05, 0) is 30.2 Å². The minimum atomic E-state index is 0.0722. The summed E-state index contributed by atoms with van der Waals surface area (Å²) >= 11 is 6.07.